The summed E-state index contributed by atoms with van der Waals surface area (Å²) in [5, 5.41) is 13.6. The first kappa shape index (κ1) is 23.5. The van der Waals surface area contributed by atoms with E-state index >= 15 is 0 Å². The summed E-state index contributed by atoms with van der Waals surface area (Å²) in [5.74, 6) is 0. The average Bonchev–Trinajstić information content (AvgIpc) is 2.79. The van der Waals surface area contributed by atoms with Gasteiger partial charge >= 0.3 is 6.03 Å². The van der Waals surface area contributed by atoms with E-state index in [9.17, 15) is 23.3 Å². The van der Waals surface area contributed by atoms with E-state index < -0.39 is 14.9 Å². The van der Waals surface area contributed by atoms with Gasteiger partial charge in [0, 0.05) is 62.8 Å². The van der Waals surface area contributed by atoms with Gasteiger partial charge in [-0.05, 0) is 50.2 Å². The molecular weight excluding hydrogens is 434 g/mol. The summed E-state index contributed by atoms with van der Waals surface area (Å²) >= 11 is 0. The van der Waals surface area contributed by atoms with Crippen molar-refractivity contribution < 1.29 is 18.1 Å². The Morgan fingerprint density at radius 3 is 2.09 bits per heavy atom. The van der Waals surface area contributed by atoms with Crippen molar-refractivity contribution >= 4 is 33.1 Å². The van der Waals surface area contributed by atoms with Crippen LogP contribution >= 0.6 is 0 Å². The highest BCUT2D eigenvalue weighted by Gasteiger charge is 2.24. The molecule has 0 aromatic heterocycles. The molecule has 11 heteroatoms. The summed E-state index contributed by atoms with van der Waals surface area (Å²) in [7, 11) is -2.04. The monoisotopic (exact) mass is 461 g/mol. The number of nitrogens with zero attached hydrogens (tertiary/aromatic N) is 4. The summed E-state index contributed by atoms with van der Waals surface area (Å²) < 4.78 is 26.4. The highest BCUT2D eigenvalue weighted by Crippen LogP contribution is 2.22. The zero-order valence-corrected chi connectivity index (χ0v) is 19.1. The molecule has 1 heterocycles. The van der Waals surface area contributed by atoms with Gasteiger partial charge in [-0.25, -0.2) is 13.2 Å². The molecule has 0 radical (unpaired) electrons. The minimum atomic E-state index is -3.58. The number of nitro benzene ring substituents is 1. The zero-order chi connectivity index (χ0) is 23.5. The third-order valence-electron chi connectivity index (χ3n) is 5.50. The van der Waals surface area contributed by atoms with Crippen molar-refractivity contribution in [2.75, 3.05) is 43.4 Å². The quantitative estimate of drug-likeness (QED) is 0.522. The van der Waals surface area contributed by atoms with Crippen LogP contribution < -0.4 is 10.2 Å². The van der Waals surface area contributed by atoms with Crippen molar-refractivity contribution in [2.24, 2.45) is 0 Å². The molecule has 32 heavy (non-hydrogen) atoms. The van der Waals surface area contributed by atoms with Gasteiger partial charge in [-0.1, -0.05) is 0 Å². The number of sulfonamides is 1. The Morgan fingerprint density at radius 1 is 1.03 bits per heavy atom. The zero-order valence-electron chi connectivity index (χ0n) is 18.3. The van der Waals surface area contributed by atoms with Gasteiger partial charge in [0.15, 0.2) is 0 Å². The SMILES string of the molecule is CC(C)N(C)S(=O)(=O)c1ccc(NC(=O)N2CCN(c3ccc([N+](=O)[O-])cc3)CC2)cc1. The molecule has 3 rings (SSSR count). The van der Waals surface area contributed by atoms with E-state index in [0.29, 0.717) is 31.9 Å². The summed E-state index contributed by atoms with van der Waals surface area (Å²) in [4.78, 5) is 26.9. The maximum Gasteiger partial charge on any atom is 0.321 e. The fourth-order valence-corrected chi connectivity index (χ4v) is 4.68. The van der Waals surface area contributed by atoms with Gasteiger partial charge in [-0.3, -0.25) is 10.1 Å². The van der Waals surface area contributed by atoms with E-state index in [0.717, 1.165) is 5.69 Å². The van der Waals surface area contributed by atoms with Crippen molar-refractivity contribution in [3.05, 3.63) is 58.6 Å². The van der Waals surface area contributed by atoms with Crippen molar-refractivity contribution in [3.8, 4) is 0 Å². The minimum Gasteiger partial charge on any atom is -0.368 e. The van der Waals surface area contributed by atoms with Crippen LogP contribution in [-0.4, -0.2) is 67.8 Å². The molecule has 0 spiro atoms. The van der Waals surface area contributed by atoms with Crippen LogP contribution in [0.25, 0.3) is 0 Å². The summed E-state index contributed by atoms with van der Waals surface area (Å²) in [6.45, 7) is 5.79. The first-order chi connectivity index (χ1) is 15.1. The lowest BCUT2D eigenvalue weighted by Gasteiger charge is -2.36. The third-order valence-corrected chi connectivity index (χ3v) is 7.55. The van der Waals surface area contributed by atoms with Crippen LogP contribution in [0.5, 0.6) is 0 Å². The lowest BCUT2D eigenvalue weighted by molar-refractivity contribution is -0.384. The summed E-state index contributed by atoms with van der Waals surface area (Å²) in [5.41, 5.74) is 1.43. The van der Waals surface area contributed by atoms with Crippen molar-refractivity contribution in [1.29, 1.82) is 0 Å². The number of anilines is 2. The first-order valence-electron chi connectivity index (χ1n) is 10.2. The molecule has 2 aromatic rings. The average molecular weight is 462 g/mol. The molecule has 2 aromatic carbocycles. The summed E-state index contributed by atoms with van der Waals surface area (Å²) in [6.07, 6.45) is 0. The predicted molar refractivity (Wildman–Crippen MR) is 122 cm³/mol. The van der Waals surface area contributed by atoms with E-state index in [-0.39, 0.29) is 22.7 Å². The van der Waals surface area contributed by atoms with Gasteiger partial charge in [-0.15, -0.1) is 0 Å². The molecule has 0 saturated carbocycles. The molecule has 1 saturated heterocycles. The number of piperazine rings is 1. The number of carbonyl (C=O) groups excluding carboxylic acids is 1. The lowest BCUT2D eigenvalue weighted by atomic mass is 10.2. The van der Waals surface area contributed by atoms with Crippen LogP contribution in [0.2, 0.25) is 0 Å². The van der Waals surface area contributed by atoms with E-state index in [4.69, 9.17) is 0 Å². The van der Waals surface area contributed by atoms with Crippen molar-refractivity contribution in [3.63, 3.8) is 0 Å². The van der Waals surface area contributed by atoms with E-state index in [1.165, 1.54) is 35.6 Å². The number of nitro groups is 1. The van der Waals surface area contributed by atoms with Gasteiger partial charge in [0.05, 0.1) is 9.82 Å². The number of hydrogen-bond donors (Lipinski definition) is 1. The molecule has 2 amide bonds. The molecule has 0 atom stereocenters. The molecule has 10 nitrogen and oxygen atoms in total. The maximum atomic E-state index is 12.6. The predicted octanol–water partition coefficient (Wildman–Crippen LogP) is 2.98. The molecule has 0 unspecified atom stereocenters. The van der Waals surface area contributed by atoms with Gasteiger partial charge in [0.2, 0.25) is 10.0 Å². The lowest BCUT2D eigenvalue weighted by Crippen LogP contribution is -2.50. The van der Waals surface area contributed by atoms with Gasteiger partial charge in [0.1, 0.15) is 0 Å². The molecule has 1 aliphatic rings. The molecule has 1 aliphatic heterocycles. The number of benzene rings is 2. The number of rotatable bonds is 6. The highest BCUT2D eigenvalue weighted by atomic mass is 32.2. The molecule has 1 fully saturated rings. The Labute approximate surface area is 187 Å². The van der Waals surface area contributed by atoms with Crippen LogP contribution in [0.15, 0.2) is 53.4 Å². The first-order valence-corrected chi connectivity index (χ1v) is 11.7. The molecule has 172 valence electrons. The Balaban J connectivity index is 1.56. The van der Waals surface area contributed by atoms with Gasteiger partial charge < -0.3 is 15.1 Å². The van der Waals surface area contributed by atoms with Gasteiger partial charge in [0.25, 0.3) is 5.69 Å². The second-order valence-electron chi connectivity index (χ2n) is 7.82. The van der Waals surface area contributed by atoms with E-state index in [2.05, 4.69) is 10.2 Å². The van der Waals surface area contributed by atoms with E-state index in [1.807, 2.05) is 0 Å². The molecule has 0 bridgehead atoms. The minimum absolute atomic E-state index is 0.0430. The standard InChI is InChI=1S/C21H27N5O5S/c1-16(2)23(3)32(30,31)20-10-4-17(5-11-20)22-21(27)25-14-12-24(13-15-25)18-6-8-19(9-7-18)26(28)29/h4-11,16H,12-15H2,1-3H3,(H,22,27). The van der Waals surface area contributed by atoms with E-state index in [1.54, 1.807) is 43.0 Å². The van der Waals surface area contributed by atoms with Gasteiger partial charge in [-0.2, -0.15) is 4.31 Å². The smallest absolute Gasteiger partial charge is 0.321 e. The fourth-order valence-electron chi connectivity index (χ4n) is 3.31. The number of urea groups is 1. The van der Waals surface area contributed by atoms with Crippen molar-refractivity contribution in [1.82, 2.24) is 9.21 Å². The number of hydrogen-bond acceptors (Lipinski definition) is 6. The second kappa shape index (κ2) is 9.53. The Morgan fingerprint density at radius 2 is 1.59 bits per heavy atom. The summed E-state index contributed by atoms with van der Waals surface area (Å²) in [6, 6.07) is 12.0. The topological polar surface area (TPSA) is 116 Å². The van der Waals surface area contributed by atoms with Crippen LogP contribution in [0.3, 0.4) is 0 Å². The van der Waals surface area contributed by atoms with Crippen LogP contribution in [0.4, 0.5) is 21.9 Å². The molecule has 1 N–H and O–H groups in total. The Bertz CT molecular complexity index is 1060. The normalized spacial score (nSPS) is 14.7. The number of non-ortho nitro benzene ring substituents is 1. The largest absolute Gasteiger partial charge is 0.368 e. The Kier molecular flexibility index (Phi) is 6.99. The second-order valence-corrected chi connectivity index (χ2v) is 9.81. The number of carbonyl (C=O) groups is 1. The highest BCUT2D eigenvalue weighted by molar-refractivity contribution is 7.89. The van der Waals surface area contributed by atoms with Crippen LogP contribution in [0, 0.1) is 10.1 Å². The number of nitrogens with one attached hydrogen (secondary N) is 1. The Hall–Kier alpha value is -3.18. The molecule has 0 aliphatic carbocycles. The van der Waals surface area contributed by atoms with Crippen molar-refractivity contribution in [2.45, 2.75) is 24.8 Å². The number of amides is 2. The maximum absolute atomic E-state index is 12.6. The third kappa shape index (κ3) is 5.17. The van der Waals surface area contributed by atoms with Crippen LogP contribution in [-0.2, 0) is 10.0 Å². The molecular formula is C21H27N5O5S. The van der Waals surface area contributed by atoms with Crippen LogP contribution in [0.1, 0.15) is 13.8 Å². The fraction of sp³-hybridized carbons (Fsp3) is 0.381.